The van der Waals surface area contributed by atoms with Gasteiger partial charge in [-0.1, -0.05) is 54.6 Å². The van der Waals surface area contributed by atoms with E-state index in [9.17, 15) is 18.4 Å². The molecule has 0 spiro atoms. The number of nitrogens with zero attached hydrogens (tertiary/aromatic N) is 4. The fourth-order valence-electron chi connectivity index (χ4n) is 4.19. The monoisotopic (exact) mass is 476 g/mol. The zero-order chi connectivity index (χ0) is 24.9. The van der Waals surface area contributed by atoms with Crippen molar-refractivity contribution in [3.8, 4) is 11.8 Å². The average molecular weight is 476 g/mol. The first-order valence-corrected chi connectivity index (χ1v) is 10.9. The van der Waals surface area contributed by atoms with E-state index in [1.54, 1.807) is 4.57 Å². The lowest BCUT2D eigenvalue weighted by atomic mass is 10.0. The second-order valence-corrected chi connectivity index (χ2v) is 8.52. The molecule has 0 saturated heterocycles. The van der Waals surface area contributed by atoms with Crippen molar-refractivity contribution in [2.24, 2.45) is 14.1 Å². The van der Waals surface area contributed by atoms with Gasteiger partial charge in [0.2, 0.25) is 0 Å². The van der Waals surface area contributed by atoms with E-state index < -0.39 is 17.2 Å². The van der Waals surface area contributed by atoms with Crippen LogP contribution in [-0.4, -0.2) is 18.7 Å². The Morgan fingerprint density at radius 1 is 0.943 bits per heavy atom. The van der Waals surface area contributed by atoms with Crippen LogP contribution in [-0.2, 0) is 26.6 Å². The molecular weight excluding hydrogens is 454 g/mol. The summed E-state index contributed by atoms with van der Waals surface area (Å²) in [6.07, 6.45) is 0. The van der Waals surface area contributed by atoms with E-state index in [0.29, 0.717) is 0 Å². The molecule has 5 aromatic rings. The van der Waals surface area contributed by atoms with Crippen molar-refractivity contribution in [2.75, 3.05) is 0 Å². The molecule has 0 aliphatic rings. The minimum atomic E-state index is -3.05. The van der Waals surface area contributed by atoms with Gasteiger partial charge in [-0.2, -0.15) is 4.98 Å². The van der Waals surface area contributed by atoms with Crippen LogP contribution < -0.4 is 16.0 Å². The number of aryl methyl sites for hydroxylation is 1. The molecule has 2 heterocycles. The topological polar surface area (TPSA) is 71.1 Å². The van der Waals surface area contributed by atoms with Crippen molar-refractivity contribution in [3.05, 3.63) is 98.7 Å². The summed E-state index contributed by atoms with van der Waals surface area (Å²) in [6.45, 7) is 1.02. The number of rotatable bonds is 5. The molecular formula is C26H22F2N4O3. The fraction of sp³-hybridized carbons (Fsp3) is 0.192. The number of hydrogen-bond donors (Lipinski definition) is 0. The predicted octanol–water partition coefficient (Wildman–Crippen LogP) is 4.54. The Kier molecular flexibility index (Phi) is 5.27. The van der Waals surface area contributed by atoms with Crippen molar-refractivity contribution in [3.63, 3.8) is 0 Å². The van der Waals surface area contributed by atoms with E-state index in [1.165, 1.54) is 42.9 Å². The summed E-state index contributed by atoms with van der Waals surface area (Å²) in [4.78, 5) is 30.1. The Labute approximate surface area is 198 Å². The molecule has 0 N–H and O–H groups in total. The normalized spacial score (nSPS) is 11.9. The second-order valence-electron chi connectivity index (χ2n) is 8.52. The van der Waals surface area contributed by atoms with Crippen molar-refractivity contribution in [2.45, 2.75) is 19.4 Å². The Morgan fingerprint density at radius 2 is 1.66 bits per heavy atom. The molecule has 0 unspecified atom stereocenters. The van der Waals surface area contributed by atoms with Crippen LogP contribution in [0.3, 0.4) is 0 Å². The van der Waals surface area contributed by atoms with Crippen LogP contribution in [0.15, 0.2) is 76.3 Å². The van der Waals surface area contributed by atoms with Gasteiger partial charge in [0, 0.05) is 26.6 Å². The van der Waals surface area contributed by atoms with Crippen molar-refractivity contribution >= 4 is 21.9 Å². The molecule has 7 nitrogen and oxygen atoms in total. The van der Waals surface area contributed by atoms with E-state index >= 15 is 0 Å². The third-order valence-corrected chi connectivity index (χ3v) is 6.07. The van der Waals surface area contributed by atoms with Crippen LogP contribution in [0.1, 0.15) is 18.1 Å². The lowest BCUT2D eigenvalue weighted by Gasteiger charge is -2.14. The van der Waals surface area contributed by atoms with Crippen molar-refractivity contribution in [1.29, 1.82) is 0 Å². The highest BCUT2D eigenvalue weighted by Gasteiger charge is 2.26. The largest absolute Gasteiger partial charge is 0.425 e. The van der Waals surface area contributed by atoms with Gasteiger partial charge in [-0.15, -0.1) is 0 Å². The molecule has 0 saturated carbocycles. The first kappa shape index (κ1) is 22.5. The van der Waals surface area contributed by atoms with Gasteiger partial charge in [0.1, 0.15) is 5.75 Å². The summed E-state index contributed by atoms with van der Waals surface area (Å²) in [5.74, 6) is -2.91. The Balaban J connectivity index is 1.73. The number of imidazole rings is 1. The SMILES string of the molecule is Cn1c(=O)c2c(nc(Oc3cccc(C(C)(F)F)c3)n2Cc2cccc3ccccc23)n(C)c1=O. The van der Waals surface area contributed by atoms with Gasteiger partial charge in [0.05, 0.1) is 6.54 Å². The summed E-state index contributed by atoms with van der Waals surface area (Å²) >= 11 is 0. The van der Waals surface area contributed by atoms with E-state index in [2.05, 4.69) is 4.98 Å². The van der Waals surface area contributed by atoms with Gasteiger partial charge >= 0.3 is 11.7 Å². The maximum absolute atomic E-state index is 13.9. The number of fused-ring (bicyclic) bond motifs is 2. The van der Waals surface area contributed by atoms with E-state index in [-0.39, 0.29) is 35.0 Å². The summed E-state index contributed by atoms with van der Waals surface area (Å²) in [5.41, 5.74) is -0.0529. The van der Waals surface area contributed by atoms with Crippen molar-refractivity contribution < 1.29 is 13.5 Å². The molecule has 0 amide bonds. The van der Waals surface area contributed by atoms with Gasteiger partial charge in [0.25, 0.3) is 11.5 Å². The van der Waals surface area contributed by atoms with Crippen molar-refractivity contribution in [1.82, 2.24) is 18.7 Å². The molecule has 0 bridgehead atoms. The zero-order valence-electron chi connectivity index (χ0n) is 19.3. The van der Waals surface area contributed by atoms with Gasteiger partial charge in [-0.3, -0.25) is 18.5 Å². The fourth-order valence-corrected chi connectivity index (χ4v) is 4.19. The van der Waals surface area contributed by atoms with Crippen LogP contribution in [0.4, 0.5) is 8.78 Å². The summed E-state index contributed by atoms with van der Waals surface area (Å²) in [5, 5.41) is 2.01. The lowest BCUT2D eigenvalue weighted by Crippen LogP contribution is -2.37. The number of benzene rings is 3. The molecule has 0 radical (unpaired) electrons. The van der Waals surface area contributed by atoms with E-state index in [0.717, 1.165) is 27.8 Å². The minimum absolute atomic E-state index is 0.0165. The average Bonchev–Trinajstić information content (AvgIpc) is 3.19. The molecule has 178 valence electrons. The summed E-state index contributed by atoms with van der Waals surface area (Å²) in [6, 6.07) is 19.2. The molecule has 35 heavy (non-hydrogen) atoms. The van der Waals surface area contributed by atoms with Crippen LogP contribution >= 0.6 is 0 Å². The smallest absolute Gasteiger partial charge is 0.332 e. The first-order valence-electron chi connectivity index (χ1n) is 10.9. The Morgan fingerprint density at radius 3 is 2.43 bits per heavy atom. The van der Waals surface area contributed by atoms with Gasteiger partial charge in [0.15, 0.2) is 11.2 Å². The molecule has 3 aromatic carbocycles. The number of aromatic nitrogens is 4. The van der Waals surface area contributed by atoms with Crippen LogP contribution in [0, 0.1) is 0 Å². The summed E-state index contributed by atoms with van der Waals surface area (Å²) < 4.78 is 37.6. The predicted molar refractivity (Wildman–Crippen MR) is 129 cm³/mol. The standard InChI is InChI=1S/C26H22F2N4O3/c1-26(27,28)18-11-7-12-19(14-18)35-24-29-22-21(23(33)31(3)25(34)30(22)2)32(24)15-17-10-6-9-16-8-4-5-13-20(16)17/h4-14H,15H2,1-3H3. The van der Waals surface area contributed by atoms with Gasteiger partial charge in [-0.25, -0.2) is 13.6 Å². The van der Waals surface area contributed by atoms with Gasteiger partial charge < -0.3 is 4.74 Å². The van der Waals surface area contributed by atoms with Crippen LogP contribution in [0.5, 0.6) is 11.8 Å². The zero-order valence-corrected chi connectivity index (χ0v) is 19.3. The molecule has 5 rings (SSSR count). The quantitative estimate of drug-likeness (QED) is 0.374. The highest BCUT2D eigenvalue weighted by atomic mass is 19.3. The van der Waals surface area contributed by atoms with Crippen LogP contribution in [0.2, 0.25) is 0 Å². The molecule has 0 fully saturated rings. The Hall–Kier alpha value is -4.27. The highest BCUT2D eigenvalue weighted by Crippen LogP contribution is 2.32. The van der Waals surface area contributed by atoms with Gasteiger partial charge in [-0.05, 0) is 28.5 Å². The van der Waals surface area contributed by atoms with E-state index in [1.807, 2.05) is 42.5 Å². The maximum Gasteiger partial charge on any atom is 0.332 e. The molecule has 0 aliphatic carbocycles. The summed E-state index contributed by atoms with van der Waals surface area (Å²) in [7, 11) is 2.91. The Bertz CT molecular complexity index is 1710. The van der Waals surface area contributed by atoms with Crippen LogP contribution in [0.25, 0.3) is 21.9 Å². The first-order chi connectivity index (χ1) is 16.6. The van der Waals surface area contributed by atoms with E-state index in [4.69, 9.17) is 4.74 Å². The number of halogens is 2. The minimum Gasteiger partial charge on any atom is -0.425 e. The maximum atomic E-state index is 13.9. The molecule has 2 aromatic heterocycles. The lowest BCUT2D eigenvalue weighted by molar-refractivity contribution is 0.0173. The molecule has 0 atom stereocenters. The number of hydrogen-bond acceptors (Lipinski definition) is 4. The third-order valence-electron chi connectivity index (χ3n) is 6.07. The molecule has 0 aliphatic heterocycles. The number of ether oxygens (including phenoxy) is 1. The second kappa shape index (κ2) is 8.19. The third kappa shape index (κ3) is 3.88. The number of alkyl halides is 2. The highest BCUT2D eigenvalue weighted by molar-refractivity contribution is 5.86. The molecule has 9 heteroatoms.